The van der Waals surface area contributed by atoms with Crippen LogP contribution in [0.2, 0.25) is 0 Å². The maximum Gasteiger partial charge on any atom is 0.121 e. The van der Waals surface area contributed by atoms with E-state index in [-0.39, 0.29) is 0 Å². The SMILES string of the molecule is CCOc1ccc2c(NN=Cc3c4ccccc4cc4ccccc34)cc(C)nc2c1. The van der Waals surface area contributed by atoms with Crippen LogP contribution in [0.3, 0.4) is 0 Å². The Kier molecular flexibility index (Phi) is 4.97. The molecule has 0 bridgehead atoms. The standard InChI is InChI=1S/C27H23N3O/c1-3-31-21-12-13-24-26(16-21)29-18(2)14-27(24)30-28-17-25-22-10-6-4-8-19(22)15-20-9-5-7-11-23(20)25/h4-17H,3H2,1-2H3,(H,29,30). The molecule has 4 heteroatoms. The van der Waals surface area contributed by atoms with E-state index in [1.165, 1.54) is 21.5 Å². The van der Waals surface area contributed by atoms with Crippen molar-refractivity contribution in [1.29, 1.82) is 0 Å². The highest BCUT2D eigenvalue weighted by molar-refractivity contribution is 6.13. The van der Waals surface area contributed by atoms with Crippen molar-refractivity contribution in [2.24, 2.45) is 5.10 Å². The molecule has 0 radical (unpaired) electrons. The minimum atomic E-state index is 0.631. The molecule has 4 nitrogen and oxygen atoms in total. The molecule has 1 heterocycles. The van der Waals surface area contributed by atoms with Crippen molar-refractivity contribution in [3.05, 3.63) is 90.1 Å². The summed E-state index contributed by atoms with van der Waals surface area (Å²) < 4.78 is 5.62. The lowest BCUT2D eigenvalue weighted by Crippen LogP contribution is -1.97. The van der Waals surface area contributed by atoms with Crippen LogP contribution in [-0.4, -0.2) is 17.8 Å². The zero-order chi connectivity index (χ0) is 21.2. The van der Waals surface area contributed by atoms with Gasteiger partial charge in [-0.15, -0.1) is 0 Å². The molecule has 0 amide bonds. The molecule has 0 fully saturated rings. The zero-order valence-electron chi connectivity index (χ0n) is 17.6. The molecule has 0 saturated carbocycles. The smallest absolute Gasteiger partial charge is 0.121 e. The van der Waals surface area contributed by atoms with Gasteiger partial charge in [-0.05, 0) is 59.7 Å². The summed E-state index contributed by atoms with van der Waals surface area (Å²) >= 11 is 0. The van der Waals surface area contributed by atoms with Crippen molar-refractivity contribution in [2.75, 3.05) is 12.0 Å². The molecule has 1 N–H and O–H groups in total. The highest BCUT2D eigenvalue weighted by Crippen LogP contribution is 2.29. The van der Waals surface area contributed by atoms with E-state index < -0.39 is 0 Å². The van der Waals surface area contributed by atoms with Gasteiger partial charge in [0.2, 0.25) is 0 Å². The second kappa shape index (κ2) is 8.07. The molecular weight excluding hydrogens is 382 g/mol. The second-order valence-electron chi connectivity index (χ2n) is 7.53. The fourth-order valence-electron chi connectivity index (χ4n) is 4.04. The van der Waals surface area contributed by atoms with Gasteiger partial charge in [-0.2, -0.15) is 5.10 Å². The average molecular weight is 406 g/mol. The van der Waals surface area contributed by atoms with Gasteiger partial charge in [0.25, 0.3) is 0 Å². The van der Waals surface area contributed by atoms with Crippen LogP contribution in [0.4, 0.5) is 5.69 Å². The van der Waals surface area contributed by atoms with Crippen LogP contribution in [0.5, 0.6) is 5.75 Å². The Morgan fingerprint density at radius 1 is 0.871 bits per heavy atom. The molecule has 1 aromatic heterocycles. The van der Waals surface area contributed by atoms with Gasteiger partial charge in [0.05, 0.1) is 24.0 Å². The third-order valence-corrected chi connectivity index (χ3v) is 5.41. The molecule has 5 aromatic rings. The van der Waals surface area contributed by atoms with E-state index in [0.717, 1.165) is 33.6 Å². The number of aryl methyl sites for hydroxylation is 1. The van der Waals surface area contributed by atoms with Gasteiger partial charge in [-0.25, -0.2) is 0 Å². The Balaban J connectivity index is 1.56. The number of fused-ring (bicyclic) bond motifs is 3. The summed E-state index contributed by atoms with van der Waals surface area (Å²) in [6.07, 6.45) is 1.92. The predicted molar refractivity (Wildman–Crippen MR) is 130 cm³/mol. The van der Waals surface area contributed by atoms with Crippen molar-refractivity contribution < 1.29 is 4.74 Å². The van der Waals surface area contributed by atoms with Gasteiger partial charge in [-0.3, -0.25) is 10.4 Å². The average Bonchev–Trinajstić information content (AvgIpc) is 2.78. The monoisotopic (exact) mass is 405 g/mol. The third kappa shape index (κ3) is 3.68. The molecular formula is C27H23N3O. The molecule has 0 saturated heterocycles. The maximum atomic E-state index is 5.62. The first-order valence-electron chi connectivity index (χ1n) is 10.5. The van der Waals surface area contributed by atoms with Crippen LogP contribution in [-0.2, 0) is 0 Å². The number of nitrogens with zero attached hydrogens (tertiary/aromatic N) is 2. The van der Waals surface area contributed by atoms with Crippen LogP contribution in [0.25, 0.3) is 32.4 Å². The molecule has 4 aromatic carbocycles. The van der Waals surface area contributed by atoms with Crippen LogP contribution < -0.4 is 10.2 Å². The number of anilines is 1. The van der Waals surface area contributed by atoms with E-state index in [1.807, 2.05) is 44.3 Å². The molecule has 0 aliphatic rings. The van der Waals surface area contributed by atoms with Gasteiger partial charge in [0.15, 0.2) is 0 Å². The fourth-order valence-corrected chi connectivity index (χ4v) is 4.04. The maximum absolute atomic E-state index is 5.62. The van der Waals surface area contributed by atoms with Gasteiger partial charge < -0.3 is 4.74 Å². The summed E-state index contributed by atoms with van der Waals surface area (Å²) in [7, 11) is 0. The Labute approximate surface area is 181 Å². The van der Waals surface area contributed by atoms with Crippen molar-refractivity contribution in [2.45, 2.75) is 13.8 Å². The minimum Gasteiger partial charge on any atom is -0.494 e. The number of hydrogen-bond acceptors (Lipinski definition) is 4. The Morgan fingerprint density at radius 2 is 1.58 bits per heavy atom. The van der Waals surface area contributed by atoms with Gasteiger partial charge in [0.1, 0.15) is 5.75 Å². The minimum absolute atomic E-state index is 0.631. The zero-order valence-corrected chi connectivity index (χ0v) is 17.6. The summed E-state index contributed by atoms with van der Waals surface area (Å²) in [6, 6.07) is 27.0. The number of pyridine rings is 1. The lowest BCUT2D eigenvalue weighted by Gasteiger charge is -2.10. The lowest BCUT2D eigenvalue weighted by atomic mass is 9.97. The van der Waals surface area contributed by atoms with Crippen LogP contribution >= 0.6 is 0 Å². The molecule has 152 valence electrons. The molecule has 0 aliphatic carbocycles. The Bertz CT molecular complexity index is 1390. The molecule has 31 heavy (non-hydrogen) atoms. The van der Waals surface area contributed by atoms with Gasteiger partial charge in [0, 0.05) is 22.7 Å². The Morgan fingerprint density at radius 3 is 2.29 bits per heavy atom. The first-order valence-corrected chi connectivity index (χ1v) is 10.5. The van der Waals surface area contributed by atoms with Crippen molar-refractivity contribution in [3.63, 3.8) is 0 Å². The van der Waals surface area contributed by atoms with E-state index in [0.29, 0.717) is 6.61 Å². The van der Waals surface area contributed by atoms with Crippen molar-refractivity contribution in [3.8, 4) is 5.75 Å². The number of nitrogens with one attached hydrogen (secondary N) is 1. The molecule has 0 spiro atoms. The highest BCUT2D eigenvalue weighted by Gasteiger charge is 2.07. The molecule has 0 aliphatic heterocycles. The number of aromatic nitrogens is 1. The summed E-state index contributed by atoms with van der Waals surface area (Å²) in [5.41, 5.74) is 7.09. The van der Waals surface area contributed by atoms with E-state index in [1.54, 1.807) is 0 Å². The summed E-state index contributed by atoms with van der Waals surface area (Å²) in [5, 5.41) is 10.4. The number of ether oxygens (including phenoxy) is 1. The molecule has 0 atom stereocenters. The highest BCUT2D eigenvalue weighted by atomic mass is 16.5. The van der Waals surface area contributed by atoms with E-state index in [4.69, 9.17) is 4.74 Å². The van der Waals surface area contributed by atoms with Gasteiger partial charge in [-0.1, -0.05) is 48.5 Å². The van der Waals surface area contributed by atoms with Crippen LogP contribution in [0.1, 0.15) is 18.2 Å². The first-order chi connectivity index (χ1) is 15.2. The van der Waals surface area contributed by atoms with Crippen LogP contribution in [0.15, 0.2) is 84.0 Å². The van der Waals surface area contributed by atoms with E-state index in [2.05, 4.69) is 70.1 Å². The van der Waals surface area contributed by atoms with Crippen LogP contribution in [0, 0.1) is 6.92 Å². The van der Waals surface area contributed by atoms with E-state index in [9.17, 15) is 0 Å². The summed E-state index contributed by atoms with van der Waals surface area (Å²) in [4.78, 5) is 4.66. The Hall–Kier alpha value is -3.92. The normalized spacial score (nSPS) is 11.5. The van der Waals surface area contributed by atoms with Crippen molar-refractivity contribution >= 4 is 44.3 Å². The molecule has 0 unspecified atom stereocenters. The lowest BCUT2D eigenvalue weighted by molar-refractivity contribution is 0.340. The number of hydrazone groups is 1. The van der Waals surface area contributed by atoms with E-state index >= 15 is 0 Å². The molecule has 5 rings (SSSR count). The number of benzene rings is 4. The largest absolute Gasteiger partial charge is 0.494 e. The second-order valence-corrected chi connectivity index (χ2v) is 7.53. The summed E-state index contributed by atoms with van der Waals surface area (Å²) in [5.74, 6) is 0.824. The fraction of sp³-hybridized carbons (Fsp3) is 0.111. The van der Waals surface area contributed by atoms with Crippen molar-refractivity contribution in [1.82, 2.24) is 4.98 Å². The summed E-state index contributed by atoms with van der Waals surface area (Å²) in [6.45, 7) is 4.60. The quantitative estimate of drug-likeness (QED) is 0.201. The topological polar surface area (TPSA) is 46.5 Å². The number of hydrogen-bond donors (Lipinski definition) is 1. The third-order valence-electron chi connectivity index (χ3n) is 5.41. The van der Waals surface area contributed by atoms with Gasteiger partial charge >= 0.3 is 0 Å². The predicted octanol–water partition coefficient (Wildman–Crippen LogP) is 6.69. The number of rotatable bonds is 5. The first kappa shape index (κ1) is 19.1.